The molecule has 1 aliphatic heterocycles. The van der Waals surface area contributed by atoms with Gasteiger partial charge in [0.15, 0.2) is 5.67 Å². The van der Waals surface area contributed by atoms with Crippen LogP contribution < -0.4 is 5.32 Å². The highest BCUT2D eigenvalue weighted by Gasteiger charge is 2.36. The van der Waals surface area contributed by atoms with Gasteiger partial charge in [0.1, 0.15) is 0 Å². The lowest BCUT2D eigenvalue weighted by Crippen LogP contribution is -2.37. The molecule has 2 rings (SSSR count). The first-order valence-corrected chi connectivity index (χ1v) is 7.76. The predicted octanol–water partition coefficient (Wildman–Crippen LogP) is 2.21. The number of hydrogen-bond donors (Lipinski definition) is 3. The van der Waals surface area contributed by atoms with E-state index in [9.17, 15) is 9.50 Å². The number of aromatic nitrogens is 1. The lowest BCUT2D eigenvalue weighted by atomic mass is 9.90. The Kier molecular flexibility index (Phi) is 7.52. The lowest BCUT2D eigenvalue weighted by molar-refractivity contribution is 0.0952. The third-order valence-corrected chi connectivity index (χ3v) is 3.69. The summed E-state index contributed by atoms with van der Waals surface area (Å²) in [6.07, 6.45) is 1.65. The highest BCUT2D eigenvalue weighted by Crippen LogP contribution is 2.37. The first-order chi connectivity index (χ1) is 10.0. The number of hydrogen-bond acceptors (Lipinski definition) is 4. The van der Waals surface area contributed by atoms with Crippen LogP contribution in [0.2, 0.25) is 5.02 Å². The molecule has 3 N–H and O–H groups in total. The van der Waals surface area contributed by atoms with Gasteiger partial charge in [0, 0.05) is 12.6 Å². The predicted molar refractivity (Wildman–Crippen MR) is 82.3 cm³/mol. The maximum Gasteiger partial charge on any atom is 0.156 e. The summed E-state index contributed by atoms with van der Waals surface area (Å²) in [6, 6.07) is 1.62. The van der Waals surface area contributed by atoms with Crippen molar-refractivity contribution in [1.82, 2.24) is 10.3 Å². The van der Waals surface area contributed by atoms with E-state index < -0.39 is 11.8 Å². The number of halogens is 2. The van der Waals surface area contributed by atoms with Gasteiger partial charge in [-0.15, -0.1) is 0 Å². The van der Waals surface area contributed by atoms with E-state index in [0.717, 1.165) is 0 Å². The molecule has 1 atom stereocenters. The van der Waals surface area contributed by atoms with Gasteiger partial charge in [-0.2, -0.15) is 0 Å². The van der Waals surface area contributed by atoms with Gasteiger partial charge in [0.2, 0.25) is 0 Å². The number of nitrogens with one attached hydrogen (secondary N) is 1. The summed E-state index contributed by atoms with van der Waals surface area (Å²) < 4.78 is 14.7. The Labute approximate surface area is 130 Å². The molecule has 0 spiro atoms. The van der Waals surface area contributed by atoms with Gasteiger partial charge in [0.25, 0.3) is 0 Å². The second-order valence-electron chi connectivity index (χ2n) is 4.93. The molecule has 21 heavy (non-hydrogen) atoms. The second kappa shape index (κ2) is 8.63. The van der Waals surface area contributed by atoms with Crippen molar-refractivity contribution in [3.05, 3.63) is 28.5 Å². The summed E-state index contributed by atoms with van der Waals surface area (Å²) in [7, 11) is 0. The van der Waals surface area contributed by atoms with Crippen molar-refractivity contribution in [2.75, 3.05) is 19.7 Å². The van der Waals surface area contributed by atoms with Gasteiger partial charge < -0.3 is 15.5 Å². The minimum Gasteiger partial charge on any atom is -0.394 e. The fourth-order valence-corrected chi connectivity index (χ4v) is 2.67. The van der Waals surface area contributed by atoms with Crippen molar-refractivity contribution < 1.29 is 14.6 Å². The Balaban J connectivity index is 0.00000106. The van der Waals surface area contributed by atoms with E-state index in [-0.39, 0.29) is 23.7 Å². The number of rotatable bonds is 4. The summed E-state index contributed by atoms with van der Waals surface area (Å²) in [6.45, 7) is 4.90. The van der Waals surface area contributed by atoms with E-state index in [1.807, 2.05) is 13.8 Å². The Hall–Kier alpha value is -0.750. The third kappa shape index (κ3) is 4.88. The third-order valence-electron chi connectivity index (χ3n) is 3.40. The van der Waals surface area contributed by atoms with Crippen LogP contribution in [0.1, 0.15) is 37.9 Å². The lowest BCUT2D eigenvalue weighted by Gasteiger charge is -2.30. The molecular formula is C15H24ClFN2O2. The molecule has 1 aliphatic rings. The zero-order valence-corrected chi connectivity index (χ0v) is 13.3. The normalized spacial score (nSPS) is 18.6. The zero-order chi connectivity index (χ0) is 15.9. The molecule has 0 aliphatic carbocycles. The molecule has 1 saturated heterocycles. The summed E-state index contributed by atoms with van der Waals surface area (Å²) in [5.41, 5.74) is -0.512. The molecular weight excluding hydrogens is 295 g/mol. The molecule has 120 valence electrons. The molecule has 0 aromatic carbocycles. The van der Waals surface area contributed by atoms with Crippen LogP contribution in [0, 0.1) is 0 Å². The quantitative estimate of drug-likeness (QED) is 0.796. The summed E-state index contributed by atoms with van der Waals surface area (Å²) in [5, 5.41) is 21.5. The molecule has 2 heterocycles. The van der Waals surface area contributed by atoms with Crippen molar-refractivity contribution >= 4 is 11.6 Å². The van der Waals surface area contributed by atoms with Crippen LogP contribution in [0.15, 0.2) is 12.3 Å². The first-order valence-electron chi connectivity index (χ1n) is 7.38. The van der Waals surface area contributed by atoms with E-state index >= 15 is 0 Å². The zero-order valence-electron chi connectivity index (χ0n) is 12.6. The number of pyridine rings is 1. The SMILES string of the molecule is CC.OC[C@H](O)Cc1cnc(C2(F)CCNCC2)c(Cl)c1. The molecule has 1 aromatic heterocycles. The van der Waals surface area contributed by atoms with E-state index in [1.165, 1.54) is 6.20 Å². The molecule has 0 saturated carbocycles. The van der Waals surface area contributed by atoms with Gasteiger partial charge in [0.05, 0.1) is 23.4 Å². The molecule has 4 nitrogen and oxygen atoms in total. The van der Waals surface area contributed by atoms with Gasteiger partial charge >= 0.3 is 0 Å². The van der Waals surface area contributed by atoms with Crippen molar-refractivity contribution in [2.45, 2.75) is 44.9 Å². The largest absolute Gasteiger partial charge is 0.394 e. The van der Waals surface area contributed by atoms with Gasteiger partial charge in [-0.3, -0.25) is 4.98 Å². The first kappa shape index (κ1) is 18.3. The minimum atomic E-state index is -1.48. The van der Waals surface area contributed by atoms with Crippen LogP contribution in [0.3, 0.4) is 0 Å². The number of aliphatic hydroxyl groups is 2. The molecule has 1 aromatic rings. The van der Waals surface area contributed by atoms with Crippen LogP contribution in [0.4, 0.5) is 4.39 Å². The fourth-order valence-electron chi connectivity index (χ4n) is 2.32. The van der Waals surface area contributed by atoms with E-state index in [0.29, 0.717) is 31.5 Å². The van der Waals surface area contributed by atoms with Crippen LogP contribution in [-0.4, -0.2) is 41.0 Å². The standard InChI is InChI=1S/C13H18ClFN2O2.C2H6/c14-11-6-9(5-10(19)8-18)7-17-12(11)13(15)1-3-16-4-2-13;1-2/h6-7,10,16,18-19H,1-5,8H2;1-2H3/t10-;/m1./s1. The molecule has 0 amide bonds. The molecule has 0 bridgehead atoms. The topological polar surface area (TPSA) is 65.4 Å². The summed E-state index contributed by atoms with van der Waals surface area (Å²) in [4.78, 5) is 4.13. The number of piperidine rings is 1. The van der Waals surface area contributed by atoms with E-state index in [2.05, 4.69) is 10.3 Å². The van der Waals surface area contributed by atoms with Crippen LogP contribution in [0.25, 0.3) is 0 Å². The number of aliphatic hydroxyl groups excluding tert-OH is 2. The van der Waals surface area contributed by atoms with Crippen LogP contribution in [0.5, 0.6) is 0 Å². The average molecular weight is 319 g/mol. The molecule has 0 radical (unpaired) electrons. The summed E-state index contributed by atoms with van der Waals surface area (Å²) in [5.74, 6) is 0. The maximum absolute atomic E-state index is 14.7. The van der Waals surface area contributed by atoms with E-state index in [4.69, 9.17) is 16.7 Å². The second-order valence-corrected chi connectivity index (χ2v) is 5.34. The van der Waals surface area contributed by atoms with Gasteiger partial charge in [-0.25, -0.2) is 4.39 Å². The Morgan fingerprint density at radius 3 is 2.57 bits per heavy atom. The molecule has 0 unspecified atom stereocenters. The summed E-state index contributed by atoms with van der Waals surface area (Å²) >= 11 is 6.11. The van der Waals surface area contributed by atoms with Crippen LogP contribution >= 0.6 is 11.6 Å². The average Bonchev–Trinajstić information content (AvgIpc) is 2.49. The highest BCUT2D eigenvalue weighted by atomic mass is 35.5. The molecule has 1 fully saturated rings. The Morgan fingerprint density at radius 2 is 2.05 bits per heavy atom. The van der Waals surface area contributed by atoms with Gasteiger partial charge in [-0.1, -0.05) is 25.4 Å². The van der Waals surface area contributed by atoms with Crippen molar-refractivity contribution in [3.8, 4) is 0 Å². The van der Waals surface area contributed by atoms with Crippen molar-refractivity contribution in [2.24, 2.45) is 0 Å². The Morgan fingerprint density at radius 1 is 1.43 bits per heavy atom. The smallest absolute Gasteiger partial charge is 0.156 e. The van der Waals surface area contributed by atoms with Gasteiger partial charge in [-0.05, 0) is 37.6 Å². The fraction of sp³-hybridized carbons (Fsp3) is 0.667. The van der Waals surface area contributed by atoms with Crippen molar-refractivity contribution in [1.29, 1.82) is 0 Å². The van der Waals surface area contributed by atoms with Crippen LogP contribution in [-0.2, 0) is 12.1 Å². The highest BCUT2D eigenvalue weighted by molar-refractivity contribution is 6.31. The Bertz CT molecular complexity index is 440. The monoisotopic (exact) mass is 318 g/mol. The van der Waals surface area contributed by atoms with E-state index in [1.54, 1.807) is 6.07 Å². The number of alkyl halides is 1. The van der Waals surface area contributed by atoms with Crippen molar-refractivity contribution in [3.63, 3.8) is 0 Å². The molecule has 6 heteroatoms. The minimum absolute atomic E-state index is 0.254. The maximum atomic E-state index is 14.7. The number of nitrogens with zero attached hydrogens (tertiary/aromatic N) is 1.